The molecule has 1 saturated carbocycles. The Morgan fingerprint density at radius 2 is 1.73 bits per heavy atom. The highest BCUT2D eigenvalue weighted by molar-refractivity contribution is 5.82. The second kappa shape index (κ2) is 8.39. The van der Waals surface area contributed by atoms with Crippen molar-refractivity contribution in [2.24, 2.45) is 0 Å². The Hall–Kier alpha value is -3.00. The predicted octanol–water partition coefficient (Wildman–Crippen LogP) is 4.23. The monoisotopic (exact) mass is 349 g/mol. The molecule has 2 N–H and O–H groups in total. The van der Waals surface area contributed by atoms with Crippen LogP contribution in [0.4, 0.5) is 5.69 Å². The zero-order valence-electron chi connectivity index (χ0n) is 14.7. The van der Waals surface area contributed by atoms with Crippen molar-refractivity contribution in [3.05, 3.63) is 54.6 Å². The van der Waals surface area contributed by atoms with Crippen molar-refractivity contribution >= 4 is 11.6 Å². The van der Waals surface area contributed by atoms with E-state index in [1.165, 1.54) is 0 Å². The van der Waals surface area contributed by atoms with Crippen LogP contribution in [0, 0.1) is 11.3 Å². The molecule has 3 rings (SSSR count). The summed E-state index contributed by atoms with van der Waals surface area (Å²) in [5.74, 6) is 1.21. The molecular formula is C21H23N3O2. The van der Waals surface area contributed by atoms with Crippen molar-refractivity contribution in [2.75, 3.05) is 11.9 Å². The Morgan fingerprint density at radius 3 is 2.46 bits per heavy atom. The average molecular weight is 349 g/mol. The number of nitrogens with zero attached hydrogens (tertiary/aromatic N) is 1. The van der Waals surface area contributed by atoms with Crippen molar-refractivity contribution in [1.29, 1.82) is 5.26 Å². The van der Waals surface area contributed by atoms with Crippen LogP contribution in [-0.4, -0.2) is 18.0 Å². The fourth-order valence-electron chi connectivity index (χ4n) is 3.22. The van der Waals surface area contributed by atoms with Crippen LogP contribution in [0.25, 0.3) is 0 Å². The van der Waals surface area contributed by atoms with Gasteiger partial charge in [0, 0.05) is 0 Å². The quantitative estimate of drug-likeness (QED) is 0.818. The summed E-state index contributed by atoms with van der Waals surface area (Å²) in [5, 5.41) is 15.5. The van der Waals surface area contributed by atoms with Crippen LogP contribution in [-0.2, 0) is 4.79 Å². The molecule has 1 aliphatic rings. The van der Waals surface area contributed by atoms with Crippen LogP contribution in [0.5, 0.6) is 11.5 Å². The molecule has 134 valence electrons. The van der Waals surface area contributed by atoms with Crippen LogP contribution in [0.1, 0.15) is 32.1 Å². The molecule has 0 atom stereocenters. The van der Waals surface area contributed by atoms with Gasteiger partial charge in [0.05, 0.1) is 18.3 Å². The van der Waals surface area contributed by atoms with Gasteiger partial charge in [-0.1, -0.05) is 49.6 Å². The Labute approximate surface area is 154 Å². The molecular weight excluding hydrogens is 326 g/mol. The van der Waals surface area contributed by atoms with Crippen molar-refractivity contribution in [1.82, 2.24) is 5.32 Å². The van der Waals surface area contributed by atoms with Crippen LogP contribution in [0.2, 0.25) is 0 Å². The molecule has 2 aromatic rings. The molecule has 5 heteroatoms. The average Bonchev–Trinajstić information content (AvgIpc) is 2.69. The number of hydrogen-bond acceptors (Lipinski definition) is 4. The lowest BCUT2D eigenvalue weighted by atomic mass is 9.83. The third-order valence-electron chi connectivity index (χ3n) is 4.60. The number of anilines is 1. The maximum Gasteiger partial charge on any atom is 0.240 e. The van der Waals surface area contributed by atoms with Gasteiger partial charge in [0.25, 0.3) is 0 Å². The van der Waals surface area contributed by atoms with E-state index in [0.717, 1.165) is 43.5 Å². The molecule has 0 saturated heterocycles. The van der Waals surface area contributed by atoms with Gasteiger partial charge in [0.2, 0.25) is 5.91 Å². The van der Waals surface area contributed by atoms with E-state index in [1.807, 2.05) is 54.6 Å². The van der Waals surface area contributed by atoms with Gasteiger partial charge < -0.3 is 15.4 Å². The molecule has 0 aliphatic heterocycles. The zero-order chi connectivity index (χ0) is 18.2. The topological polar surface area (TPSA) is 74.2 Å². The summed E-state index contributed by atoms with van der Waals surface area (Å²) in [6.45, 7) is 0.0958. The van der Waals surface area contributed by atoms with E-state index in [4.69, 9.17) is 4.74 Å². The largest absolute Gasteiger partial charge is 0.455 e. The number of hydrogen-bond donors (Lipinski definition) is 2. The molecule has 0 aromatic heterocycles. The van der Waals surface area contributed by atoms with Crippen molar-refractivity contribution in [3.8, 4) is 17.6 Å². The van der Waals surface area contributed by atoms with Crippen LogP contribution >= 0.6 is 0 Å². The first kappa shape index (κ1) is 17.8. The van der Waals surface area contributed by atoms with Gasteiger partial charge in [0.15, 0.2) is 5.75 Å². The molecule has 1 aliphatic carbocycles. The Balaban J connectivity index is 1.61. The fraction of sp³-hybridized carbons (Fsp3) is 0.333. The molecule has 26 heavy (non-hydrogen) atoms. The number of carbonyl (C=O) groups excluding carboxylic acids is 1. The first-order valence-corrected chi connectivity index (χ1v) is 8.99. The molecule has 0 bridgehead atoms. The molecule has 0 unspecified atom stereocenters. The van der Waals surface area contributed by atoms with Crippen molar-refractivity contribution in [2.45, 2.75) is 37.6 Å². The van der Waals surface area contributed by atoms with E-state index >= 15 is 0 Å². The van der Waals surface area contributed by atoms with Gasteiger partial charge in [-0.05, 0) is 37.1 Å². The molecule has 0 spiro atoms. The summed E-state index contributed by atoms with van der Waals surface area (Å²) in [6.07, 6.45) is 4.54. The Kier molecular flexibility index (Phi) is 5.75. The van der Waals surface area contributed by atoms with E-state index in [0.29, 0.717) is 5.75 Å². The summed E-state index contributed by atoms with van der Waals surface area (Å²) in [6, 6.07) is 19.3. The van der Waals surface area contributed by atoms with Gasteiger partial charge in [-0.15, -0.1) is 0 Å². The van der Waals surface area contributed by atoms with E-state index in [9.17, 15) is 10.1 Å². The molecule has 1 amide bonds. The Morgan fingerprint density at radius 1 is 1.04 bits per heavy atom. The molecule has 0 heterocycles. The SMILES string of the molecule is N#CC1(NC(=O)CNc2ccccc2Oc2ccccc2)CCCCC1. The van der Waals surface area contributed by atoms with Crippen LogP contribution in [0.3, 0.4) is 0 Å². The number of nitriles is 1. The fourth-order valence-corrected chi connectivity index (χ4v) is 3.22. The maximum atomic E-state index is 12.4. The van der Waals surface area contributed by atoms with E-state index < -0.39 is 5.54 Å². The number of amides is 1. The smallest absolute Gasteiger partial charge is 0.240 e. The molecule has 2 aromatic carbocycles. The highest BCUT2D eigenvalue weighted by Crippen LogP contribution is 2.29. The molecule has 5 nitrogen and oxygen atoms in total. The van der Waals surface area contributed by atoms with E-state index in [2.05, 4.69) is 16.7 Å². The van der Waals surface area contributed by atoms with Gasteiger partial charge in [-0.25, -0.2) is 0 Å². The van der Waals surface area contributed by atoms with Crippen molar-refractivity contribution in [3.63, 3.8) is 0 Å². The minimum atomic E-state index is -0.711. The summed E-state index contributed by atoms with van der Waals surface area (Å²) >= 11 is 0. The number of carbonyl (C=O) groups is 1. The minimum Gasteiger partial charge on any atom is -0.455 e. The van der Waals surface area contributed by atoms with Gasteiger partial charge in [-0.3, -0.25) is 4.79 Å². The highest BCUT2D eigenvalue weighted by atomic mass is 16.5. The van der Waals surface area contributed by atoms with Crippen molar-refractivity contribution < 1.29 is 9.53 Å². The summed E-state index contributed by atoms with van der Waals surface area (Å²) in [4.78, 5) is 12.4. The lowest BCUT2D eigenvalue weighted by molar-refractivity contribution is -0.121. The summed E-state index contributed by atoms with van der Waals surface area (Å²) in [7, 11) is 0. The number of ether oxygens (including phenoxy) is 1. The van der Waals surface area contributed by atoms with Crippen LogP contribution in [0.15, 0.2) is 54.6 Å². The number of para-hydroxylation sites is 3. The second-order valence-electron chi connectivity index (χ2n) is 6.57. The standard InChI is InChI=1S/C21H23N3O2/c22-16-21(13-7-2-8-14-21)24-20(25)15-23-18-11-5-6-12-19(18)26-17-9-3-1-4-10-17/h1,3-6,9-12,23H,2,7-8,13-15H2,(H,24,25). The van der Waals surface area contributed by atoms with E-state index in [1.54, 1.807) is 0 Å². The lowest BCUT2D eigenvalue weighted by Gasteiger charge is -2.31. The first-order chi connectivity index (χ1) is 12.7. The number of benzene rings is 2. The predicted molar refractivity (Wildman–Crippen MR) is 101 cm³/mol. The van der Waals surface area contributed by atoms with Gasteiger partial charge >= 0.3 is 0 Å². The third kappa shape index (κ3) is 4.54. The maximum absolute atomic E-state index is 12.4. The third-order valence-corrected chi connectivity index (χ3v) is 4.60. The normalized spacial score (nSPS) is 15.5. The summed E-state index contributed by atoms with van der Waals surface area (Å²) in [5.41, 5.74) is 0.0259. The highest BCUT2D eigenvalue weighted by Gasteiger charge is 2.33. The Bertz CT molecular complexity index is 777. The number of rotatable bonds is 6. The first-order valence-electron chi connectivity index (χ1n) is 8.99. The van der Waals surface area contributed by atoms with Gasteiger partial charge in [0.1, 0.15) is 11.3 Å². The zero-order valence-corrected chi connectivity index (χ0v) is 14.7. The second-order valence-corrected chi connectivity index (χ2v) is 6.57. The number of nitrogens with one attached hydrogen (secondary N) is 2. The summed E-state index contributed by atoms with van der Waals surface area (Å²) < 4.78 is 5.89. The van der Waals surface area contributed by atoms with E-state index in [-0.39, 0.29) is 12.5 Å². The minimum absolute atomic E-state index is 0.0958. The van der Waals surface area contributed by atoms with Gasteiger partial charge in [-0.2, -0.15) is 5.26 Å². The molecule has 0 radical (unpaired) electrons. The van der Waals surface area contributed by atoms with Crippen LogP contribution < -0.4 is 15.4 Å². The lowest BCUT2D eigenvalue weighted by Crippen LogP contribution is -2.50. The molecule has 1 fully saturated rings.